The van der Waals surface area contributed by atoms with Crippen LogP contribution < -0.4 is 0 Å². The highest BCUT2D eigenvalue weighted by atomic mass is 32.1. The monoisotopic (exact) mass is 344 g/mol. The molecule has 4 nitrogen and oxygen atoms in total. The van der Waals surface area contributed by atoms with E-state index in [-0.39, 0.29) is 5.91 Å². The third-order valence-electron chi connectivity index (χ3n) is 4.47. The molecule has 0 spiro atoms. The zero-order chi connectivity index (χ0) is 16.9. The lowest BCUT2D eigenvalue weighted by molar-refractivity contribution is 0.0706. The lowest BCUT2D eigenvalue weighted by Gasteiger charge is -2.32. The Kier molecular flexibility index (Phi) is 5.63. The van der Waals surface area contributed by atoms with Crippen LogP contribution in [0.15, 0.2) is 29.6 Å². The van der Waals surface area contributed by atoms with E-state index in [1.807, 2.05) is 29.2 Å². The predicted molar refractivity (Wildman–Crippen MR) is 96.5 cm³/mol. The van der Waals surface area contributed by atoms with Crippen molar-refractivity contribution in [3.8, 4) is 0 Å². The second kappa shape index (κ2) is 7.90. The first-order valence-electron chi connectivity index (χ1n) is 8.52. The van der Waals surface area contributed by atoms with E-state index in [1.54, 1.807) is 18.4 Å². The molecular formula is C19H24N2O2S. The molecule has 0 aliphatic carbocycles. The normalized spacial score (nSPS) is 17.9. The van der Waals surface area contributed by atoms with Gasteiger partial charge in [0.05, 0.1) is 17.3 Å². The number of benzene rings is 1. The number of amides is 1. The number of rotatable bonds is 5. The number of hydrogen-bond donors (Lipinski definition) is 0. The molecule has 0 bridgehead atoms. The fraction of sp³-hybridized carbons (Fsp3) is 0.474. The van der Waals surface area contributed by atoms with Gasteiger partial charge in [0.15, 0.2) is 0 Å². The van der Waals surface area contributed by atoms with Crippen LogP contribution >= 0.6 is 11.3 Å². The lowest BCUT2D eigenvalue weighted by Crippen LogP contribution is -2.39. The molecule has 24 heavy (non-hydrogen) atoms. The van der Waals surface area contributed by atoms with Crippen LogP contribution in [0.25, 0.3) is 0 Å². The molecule has 1 saturated heterocycles. The van der Waals surface area contributed by atoms with Gasteiger partial charge in [-0.2, -0.15) is 0 Å². The molecule has 0 N–H and O–H groups in total. The van der Waals surface area contributed by atoms with E-state index in [0.29, 0.717) is 12.5 Å². The minimum absolute atomic E-state index is 0.116. The zero-order valence-electron chi connectivity index (χ0n) is 14.3. The van der Waals surface area contributed by atoms with Crippen LogP contribution in [0.4, 0.5) is 0 Å². The molecule has 1 unspecified atom stereocenters. The average molecular weight is 344 g/mol. The number of likely N-dealkylation sites (tertiary alicyclic amines) is 1. The molecule has 0 radical (unpaired) electrons. The maximum Gasteiger partial charge on any atom is 0.253 e. The molecule has 0 saturated carbocycles. The summed E-state index contributed by atoms with van der Waals surface area (Å²) in [5, 5.41) is 3.32. The van der Waals surface area contributed by atoms with Gasteiger partial charge in [-0.3, -0.25) is 4.79 Å². The van der Waals surface area contributed by atoms with Crippen molar-refractivity contribution in [3.63, 3.8) is 0 Å². The second-order valence-electron chi connectivity index (χ2n) is 6.25. The van der Waals surface area contributed by atoms with Gasteiger partial charge in [0.1, 0.15) is 0 Å². The van der Waals surface area contributed by atoms with Gasteiger partial charge in [-0.05, 0) is 37.0 Å². The molecule has 5 heteroatoms. The van der Waals surface area contributed by atoms with E-state index in [4.69, 9.17) is 9.72 Å². The Morgan fingerprint density at radius 3 is 3.08 bits per heavy atom. The highest BCUT2D eigenvalue weighted by Gasteiger charge is 2.27. The molecule has 1 aromatic heterocycles. The number of aryl methyl sites for hydroxylation is 1. The Morgan fingerprint density at radius 2 is 2.33 bits per heavy atom. The minimum atomic E-state index is 0.116. The topological polar surface area (TPSA) is 42.4 Å². The van der Waals surface area contributed by atoms with Crippen molar-refractivity contribution in [2.45, 2.75) is 38.7 Å². The van der Waals surface area contributed by atoms with Crippen molar-refractivity contribution < 1.29 is 9.53 Å². The van der Waals surface area contributed by atoms with E-state index >= 15 is 0 Å². The van der Waals surface area contributed by atoms with E-state index < -0.39 is 0 Å². The molecular weight excluding hydrogens is 320 g/mol. The summed E-state index contributed by atoms with van der Waals surface area (Å²) in [4.78, 5) is 19.6. The van der Waals surface area contributed by atoms with Crippen molar-refractivity contribution in [2.75, 3.05) is 20.2 Å². The first-order chi connectivity index (χ1) is 11.7. The van der Waals surface area contributed by atoms with Crippen molar-refractivity contribution in [3.05, 3.63) is 51.5 Å². The number of carbonyl (C=O) groups excluding carboxylic acids is 1. The molecule has 2 aromatic rings. The SMILES string of the molecule is CCc1csc(C2CCCN(C(=O)c3cccc(COC)c3)C2)n1. The molecule has 1 aromatic carbocycles. The first-order valence-corrected chi connectivity index (χ1v) is 9.40. The summed E-state index contributed by atoms with van der Waals surface area (Å²) in [5.74, 6) is 0.486. The molecule has 128 valence electrons. The maximum atomic E-state index is 12.9. The van der Waals surface area contributed by atoms with Gasteiger partial charge in [-0.1, -0.05) is 19.1 Å². The summed E-state index contributed by atoms with van der Waals surface area (Å²) in [5.41, 5.74) is 2.94. The summed E-state index contributed by atoms with van der Waals surface area (Å²) in [7, 11) is 1.67. The fourth-order valence-electron chi connectivity index (χ4n) is 3.18. The van der Waals surface area contributed by atoms with Gasteiger partial charge < -0.3 is 9.64 Å². The van der Waals surface area contributed by atoms with Crippen LogP contribution in [-0.4, -0.2) is 36.0 Å². The third kappa shape index (κ3) is 3.84. The summed E-state index contributed by atoms with van der Waals surface area (Å²) in [6, 6.07) is 7.75. The molecule has 1 aliphatic heterocycles. The van der Waals surface area contributed by atoms with Crippen molar-refractivity contribution in [1.82, 2.24) is 9.88 Å². The van der Waals surface area contributed by atoms with Crippen molar-refractivity contribution >= 4 is 17.2 Å². The van der Waals surface area contributed by atoms with Crippen LogP contribution in [0.1, 0.15) is 52.3 Å². The van der Waals surface area contributed by atoms with Gasteiger partial charge in [0.25, 0.3) is 5.91 Å². The highest BCUT2D eigenvalue weighted by Crippen LogP contribution is 2.30. The highest BCUT2D eigenvalue weighted by molar-refractivity contribution is 7.09. The van der Waals surface area contributed by atoms with Gasteiger partial charge in [0, 0.05) is 37.1 Å². The van der Waals surface area contributed by atoms with Gasteiger partial charge >= 0.3 is 0 Å². The molecule has 1 fully saturated rings. The molecule has 1 atom stereocenters. The zero-order valence-corrected chi connectivity index (χ0v) is 15.1. The predicted octanol–water partition coefficient (Wildman–Crippen LogP) is 3.87. The standard InChI is InChI=1S/C19H24N2O2S/c1-3-17-13-24-18(20-17)16-8-5-9-21(11-16)19(22)15-7-4-6-14(10-15)12-23-2/h4,6-7,10,13,16H,3,5,8-9,11-12H2,1-2H3. The number of thiazole rings is 1. The third-order valence-corrected chi connectivity index (χ3v) is 5.53. The second-order valence-corrected chi connectivity index (χ2v) is 7.14. The van der Waals surface area contributed by atoms with Crippen LogP contribution in [0.2, 0.25) is 0 Å². The summed E-state index contributed by atoms with van der Waals surface area (Å²) < 4.78 is 5.16. The average Bonchev–Trinajstić information content (AvgIpc) is 3.11. The van der Waals surface area contributed by atoms with E-state index in [9.17, 15) is 4.79 Å². The summed E-state index contributed by atoms with van der Waals surface area (Å²) in [6.07, 6.45) is 3.12. The summed E-state index contributed by atoms with van der Waals surface area (Å²) in [6.45, 7) is 4.26. The number of methoxy groups -OCH3 is 1. The fourth-order valence-corrected chi connectivity index (χ4v) is 4.21. The van der Waals surface area contributed by atoms with E-state index in [2.05, 4.69) is 12.3 Å². The molecule has 3 rings (SSSR count). The van der Waals surface area contributed by atoms with Crippen molar-refractivity contribution in [2.24, 2.45) is 0 Å². The largest absolute Gasteiger partial charge is 0.380 e. The Morgan fingerprint density at radius 1 is 1.46 bits per heavy atom. The van der Waals surface area contributed by atoms with Crippen LogP contribution in [0.5, 0.6) is 0 Å². The number of piperidine rings is 1. The molecule has 1 aliphatic rings. The number of aromatic nitrogens is 1. The maximum absolute atomic E-state index is 12.9. The van der Waals surface area contributed by atoms with Gasteiger partial charge in [-0.25, -0.2) is 4.98 Å². The van der Waals surface area contributed by atoms with Crippen LogP contribution in [0, 0.1) is 0 Å². The quantitative estimate of drug-likeness (QED) is 0.827. The minimum Gasteiger partial charge on any atom is -0.380 e. The number of nitrogens with zero attached hydrogens (tertiary/aromatic N) is 2. The van der Waals surface area contributed by atoms with E-state index in [1.165, 1.54) is 5.01 Å². The van der Waals surface area contributed by atoms with Crippen molar-refractivity contribution in [1.29, 1.82) is 0 Å². The van der Waals surface area contributed by atoms with Gasteiger partial charge in [-0.15, -0.1) is 11.3 Å². The number of ether oxygens (including phenoxy) is 1. The smallest absolute Gasteiger partial charge is 0.253 e. The van der Waals surface area contributed by atoms with Crippen LogP contribution in [-0.2, 0) is 17.8 Å². The van der Waals surface area contributed by atoms with Crippen LogP contribution in [0.3, 0.4) is 0 Å². The Bertz CT molecular complexity index is 698. The summed E-state index contributed by atoms with van der Waals surface area (Å²) >= 11 is 1.73. The Balaban J connectivity index is 1.71. The Hall–Kier alpha value is -1.72. The lowest BCUT2D eigenvalue weighted by atomic mass is 9.97. The number of hydrogen-bond acceptors (Lipinski definition) is 4. The molecule has 2 heterocycles. The Labute approximate surface area is 147 Å². The van der Waals surface area contributed by atoms with Gasteiger partial charge in [0.2, 0.25) is 0 Å². The van der Waals surface area contributed by atoms with E-state index in [0.717, 1.165) is 49.2 Å². The number of carbonyl (C=O) groups is 1. The first kappa shape index (κ1) is 17.1. The molecule has 1 amide bonds.